The van der Waals surface area contributed by atoms with Gasteiger partial charge in [0.15, 0.2) is 0 Å². The molecule has 3 rings (SSSR count). The van der Waals surface area contributed by atoms with Gasteiger partial charge in [-0.05, 0) is 49.0 Å². The van der Waals surface area contributed by atoms with Crippen LogP contribution in [0.1, 0.15) is 29.9 Å². The fraction of sp³-hybridized carbons (Fsp3) is 0.462. The van der Waals surface area contributed by atoms with Crippen molar-refractivity contribution < 1.29 is 4.79 Å². The van der Waals surface area contributed by atoms with Crippen LogP contribution in [0.4, 0.5) is 5.69 Å². The Morgan fingerprint density at radius 2 is 2.00 bits per heavy atom. The molecule has 0 saturated carbocycles. The summed E-state index contributed by atoms with van der Waals surface area (Å²) in [5, 5.41) is 6.30. The molecular formula is C13H16N2O. The van der Waals surface area contributed by atoms with Crippen molar-refractivity contribution in [3.63, 3.8) is 0 Å². The van der Waals surface area contributed by atoms with Gasteiger partial charge in [0.1, 0.15) is 0 Å². The lowest BCUT2D eigenvalue weighted by Gasteiger charge is -2.23. The number of benzene rings is 1. The topological polar surface area (TPSA) is 41.1 Å². The highest BCUT2D eigenvalue weighted by Gasteiger charge is 2.20. The van der Waals surface area contributed by atoms with E-state index in [0.717, 1.165) is 24.3 Å². The number of fused-ring (bicyclic) bond motifs is 1. The van der Waals surface area contributed by atoms with Crippen LogP contribution < -0.4 is 10.6 Å². The van der Waals surface area contributed by atoms with E-state index >= 15 is 0 Å². The maximum absolute atomic E-state index is 11.3. The van der Waals surface area contributed by atoms with Gasteiger partial charge in [-0.25, -0.2) is 0 Å². The average Bonchev–Trinajstić information content (AvgIpc) is 2.69. The molecule has 3 nitrogen and oxygen atoms in total. The van der Waals surface area contributed by atoms with Crippen LogP contribution in [0.5, 0.6) is 0 Å². The van der Waals surface area contributed by atoms with E-state index in [1.54, 1.807) is 0 Å². The molecule has 0 aliphatic carbocycles. The molecule has 1 saturated heterocycles. The molecular weight excluding hydrogens is 200 g/mol. The lowest BCUT2D eigenvalue weighted by atomic mass is 9.89. The Kier molecular flexibility index (Phi) is 2.40. The van der Waals surface area contributed by atoms with E-state index in [1.807, 2.05) is 0 Å². The standard InChI is InChI=1S/C13H16N2O/c16-13-8-11-2-1-10(7-12(11)15-13)9-3-5-14-6-4-9/h1-2,7,9,14H,3-6,8H2,(H,15,16). The maximum atomic E-state index is 11.3. The number of rotatable bonds is 1. The van der Waals surface area contributed by atoms with Crippen molar-refractivity contribution in [2.75, 3.05) is 18.4 Å². The minimum Gasteiger partial charge on any atom is -0.326 e. The molecule has 1 aromatic carbocycles. The van der Waals surface area contributed by atoms with Crippen molar-refractivity contribution in [1.82, 2.24) is 5.32 Å². The predicted octanol–water partition coefficient (Wildman–Crippen LogP) is 1.65. The van der Waals surface area contributed by atoms with Crippen LogP contribution in [0.15, 0.2) is 18.2 Å². The second kappa shape index (κ2) is 3.91. The smallest absolute Gasteiger partial charge is 0.228 e. The van der Waals surface area contributed by atoms with Crippen molar-refractivity contribution in [3.8, 4) is 0 Å². The normalized spacial score (nSPS) is 20.6. The third-order valence-electron chi connectivity index (χ3n) is 3.57. The summed E-state index contributed by atoms with van der Waals surface area (Å²) in [6, 6.07) is 6.45. The van der Waals surface area contributed by atoms with Crippen LogP contribution in [0.25, 0.3) is 0 Å². The molecule has 84 valence electrons. The first kappa shape index (κ1) is 9.85. The quantitative estimate of drug-likeness (QED) is 0.749. The van der Waals surface area contributed by atoms with E-state index < -0.39 is 0 Å². The number of nitrogens with one attached hydrogen (secondary N) is 2. The van der Waals surface area contributed by atoms with Crippen molar-refractivity contribution in [2.24, 2.45) is 0 Å². The summed E-state index contributed by atoms with van der Waals surface area (Å²) in [7, 11) is 0. The van der Waals surface area contributed by atoms with Gasteiger partial charge in [0, 0.05) is 5.69 Å². The molecule has 16 heavy (non-hydrogen) atoms. The zero-order valence-corrected chi connectivity index (χ0v) is 9.25. The van der Waals surface area contributed by atoms with Gasteiger partial charge in [-0.2, -0.15) is 0 Å². The fourth-order valence-electron chi connectivity index (χ4n) is 2.64. The molecule has 0 bridgehead atoms. The summed E-state index contributed by atoms with van der Waals surface area (Å²) in [5.41, 5.74) is 3.55. The molecule has 0 radical (unpaired) electrons. The third kappa shape index (κ3) is 1.71. The van der Waals surface area contributed by atoms with E-state index in [0.29, 0.717) is 12.3 Å². The minimum absolute atomic E-state index is 0.123. The summed E-state index contributed by atoms with van der Waals surface area (Å²) in [4.78, 5) is 11.3. The molecule has 0 aromatic heterocycles. The van der Waals surface area contributed by atoms with Gasteiger partial charge in [-0.3, -0.25) is 4.79 Å². The van der Waals surface area contributed by atoms with E-state index in [9.17, 15) is 4.79 Å². The van der Waals surface area contributed by atoms with Gasteiger partial charge in [0.2, 0.25) is 5.91 Å². The summed E-state index contributed by atoms with van der Waals surface area (Å²) >= 11 is 0. The molecule has 1 aromatic rings. The van der Waals surface area contributed by atoms with Crippen LogP contribution in [0.3, 0.4) is 0 Å². The Labute approximate surface area is 95.2 Å². The number of piperidine rings is 1. The average molecular weight is 216 g/mol. The number of amides is 1. The third-order valence-corrected chi connectivity index (χ3v) is 3.57. The van der Waals surface area contributed by atoms with Crippen LogP contribution in [-0.2, 0) is 11.2 Å². The molecule has 2 aliphatic rings. The van der Waals surface area contributed by atoms with Crippen LogP contribution in [0.2, 0.25) is 0 Å². The molecule has 1 fully saturated rings. The second-order valence-electron chi connectivity index (χ2n) is 4.67. The lowest BCUT2D eigenvalue weighted by molar-refractivity contribution is -0.115. The summed E-state index contributed by atoms with van der Waals surface area (Å²) < 4.78 is 0. The number of carbonyl (C=O) groups is 1. The molecule has 0 unspecified atom stereocenters. The van der Waals surface area contributed by atoms with Gasteiger partial charge in [0.25, 0.3) is 0 Å². The zero-order valence-electron chi connectivity index (χ0n) is 9.25. The van der Waals surface area contributed by atoms with Crippen LogP contribution in [-0.4, -0.2) is 19.0 Å². The van der Waals surface area contributed by atoms with Gasteiger partial charge in [0.05, 0.1) is 6.42 Å². The number of carbonyl (C=O) groups excluding carboxylic acids is 1. The Bertz CT molecular complexity index is 422. The van der Waals surface area contributed by atoms with Crippen LogP contribution in [0, 0.1) is 0 Å². The van der Waals surface area contributed by atoms with Crippen molar-refractivity contribution in [2.45, 2.75) is 25.2 Å². The Balaban J connectivity index is 1.86. The molecule has 2 aliphatic heterocycles. The zero-order chi connectivity index (χ0) is 11.0. The molecule has 1 amide bonds. The van der Waals surface area contributed by atoms with E-state index in [4.69, 9.17) is 0 Å². The predicted molar refractivity (Wildman–Crippen MR) is 63.6 cm³/mol. The van der Waals surface area contributed by atoms with E-state index in [2.05, 4.69) is 28.8 Å². The monoisotopic (exact) mass is 216 g/mol. The lowest BCUT2D eigenvalue weighted by Crippen LogP contribution is -2.26. The van der Waals surface area contributed by atoms with Crippen LogP contribution >= 0.6 is 0 Å². The molecule has 0 spiro atoms. The number of hydrogen-bond acceptors (Lipinski definition) is 2. The van der Waals surface area contributed by atoms with E-state index in [1.165, 1.54) is 18.4 Å². The first-order chi connectivity index (χ1) is 7.83. The van der Waals surface area contributed by atoms with Gasteiger partial charge >= 0.3 is 0 Å². The minimum atomic E-state index is 0.123. The highest BCUT2D eigenvalue weighted by Crippen LogP contribution is 2.31. The Morgan fingerprint density at radius 3 is 2.81 bits per heavy atom. The summed E-state index contributed by atoms with van der Waals surface area (Å²) in [6.07, 6.45) is 2.95. The van der Waals surface area contributed by atoms with Crippen molar-refractivity contribution in [3.05, 3.63) is 29.3 Å². The Hall–Kier alpha value is -1.35. The summed E-state index contributed by atoms with van der Waals surface area (Å²) in [6.45, 7) is 2.21. The SMILES string of the molecule is O=C1Cc2ccc(C3CCNCC3)cc2N1. The Morgan fingerprint density at radius 1 is 1.19 bits per heavy atom. The van der Waals surface area contributed by atoms with Gasteiger partial charge in [-0.15, -0.1) is 0 Å². The first-order valence-corrected chi connectivity index (χ1v) is 5.96. The molecule has 2 heterocycles. The maximum Gasteiger partial charge on any atom is 0.228 e. The second-order valence-corrected chi connectivity index (χ2v) is 4.67. The number of anilines is 1. The van der Waals surface area contributed by atoms with Gasteiger partial charge < -0.3 is 10.6 Å². The number of hydrogen-bond donors (Lipinski definition) is 2. The fourth-order valence-corrected chi connectivity index (χ4v) is 2.64. The largest absolute Gasteiger partial charge is 0.326 e. The molecule has 0 atom stereocenters. The van der Waals surface area contributed by atoms with E-state index in [-0.39, 0.29) is 5.91 Å². The molecule has 2 N–H and O–H groups in total. The highest BCUT2D eigenvalue weighted by molar-refractivity contribution is 5.99. The summed E-state index contributed by atoms with van der Waals surface area (Å²) in [5.74, 6) is 0.779. The first-order valence-electron chi connectivity index (χ1n) is 5.96. The van der Waals surface area contributed by atoms with Gasteiger partial charge in [-0.1, -0.05) is 12.1 Å². The highest BCUT2D eigenvalue weighted by atomic mass is 16.1. The molecule has 3 heteroatoms. The van der Waals surface area contributed by atoms with Crippen molar-refractivity contribution >= 4 is 11.6 Å². The van der Waals surface area contributed by atoms with Crippen molar-refractivity contribution in [1.29, 1.82) is 0 Å².